The molecule has 1 aliphatic carbocycles. The second-order valence-electron chi connectivity index (χ2n) is 10.1. The van der Waals surface area contributed by atoms with Crippen molar-refractivity contribution < 1.29 is 4.79 Å². The molecule has 1 atom stereocenters. The number of likely N-dealkylation sites (tertiary alicyclic amines) is 1. The number of carbonyl (C=O) groups excluding carboxylic acids is 1. The van der Waals surface area contributed by atoms with Crippen LogP contribution in [0.15, 0.2) is 66.7 Å². The molecule has 4 aromatic rings. The highest BCUT2D eigenvalue weighted by molar-refractivity contribution is 7.21. The number of rotatable bonds is 4. The van der Waals surface area contributed by atoms with Crippen molar-refractivity contribution in [1.82, 2.24) is 9.88 Å². The number of fused-ring (bicyclic) bond motifs is 2. The molecule has 6 rings (SSSR count). The molecule has 5 heteroatoms. The smallest absolute Gasteiger partial charge is 0.266 e. The first-order chi connectivity index (χ1) is 17.2. The molecule has 0 spiro atoms. The SMILES string of the molecule is Nc1c(C(=O)N2CCC(Cc3ccccc3)CC2)sc2nc3c(cc12)CC(c1ccccc1)CC3. The number of hydrogen-bond acceptors (Lipinski definition) is 4. The van der Waals surface area contributed by atoms with Gasteiger partial charge in [0, 0.05) is 24.2 Å². The number of nitrogens with two attached hydrogens (primary N) is 1. The van der Waals surface area contributed by atoms with E-state index < -0.39 is 0 Å². The summed E-state index contributed by atoms with van der Waals surface area (Å²) >= 11 is 1.47. The Morgan fingerprint density at radius 2 is 1.71 bits per heavy atom. The molecule has 0 radical (unpaired) electrons. The van der Waals surface area contributed by atoms with Gasteiger partial charge in [-0.3, -0.25) is 4.79 Å². The minimum atomic E-state index is 0.0730. The lowest BCUT2D eigenvalue weighted by atomic mass is 9.82. The Kier molecular flexibility index (Phi) is 6.03. The quantitative estimate of drug-likeness (QED) is 0.375. The summed E-state index contributed by atoms with van der Waals surface area (Å²) in [6.07, 6.45) is 6.24. The molecule has 2 aromatic heterocycles. The van der Waals surface area contributed by atoms with Crippen molar-refractivity contribution in [3.63, 3.8) is 0 Å². The maximum Gasteiger partial charge on any atom is 0.266 e. The fourth-order valence-corrected chi connectivity index (χ4v) is 6.85. The fourth-order valence-electron chi connectivity index (χ4n) is 5.79. The molecule has 2 N–H and O–H groups in total. The topological polar surface area (TPSA) is 59.2 Å². The summed E-state index contributed by atoms with van der Waals surface area (Å²) in [5.41, 5.74) is 12.4. The van der Waals surface area contributed by atoms with Crippen LogP contribution >= 0.6 is 11.3 Å². The normalized spacial score (nSPS) is 18.5. The number of piperidine rings is 1. The lowest BCUT2D eigenvalue weighted by Crippen LogP contribution is -2.38. The molecule has 0 saturated carbocycles. The summed E-state index contributed by atoms with van der Waals surface area (Å²) in [4.78, 5) is 22.0. The van der Waals surface area contributed by atoms with Crippen molar-refractivity contribution in [3.8, 4) is 0 Å². The molecule has 1 unspecified atom stereocenters. The van der Waals surface area contributed by atoms with Gasteiger partial charge in [-0.1, -0.05) is 60.7 Å². The number of amides is 1. The monoisotopic (exact) mass is 481 g/mol. The second-order valence-corrected chi connectivity index (χ2v) is 11.1. The molecular formula is C30H31N3OS. The predicted octanol–water partition coefficient (Wildman–Crippen LogP) is 6.25. The van der Waals surface area contributed by atoms with Crippen LogP contribution in [0, 0.1) is 5.92 Å². The van der Waals surface area contributed by atoms with Gasteiger partial charge in [-0.15, -0.1) is 11.3 Å². The van der Waals surface area contributed by atoms with Crippen molar-refractivity contribution >= 4 is 33.1 Å². The first kappa shape index (κ1) is 22.3. The van der Waals surface area contributed by atoms with Crippen LogP contribution in [0.3, 0.4) is 0 Å². The number of nitrogen functional groups attached to an aromatic ring is 1. The maximum absolute atomic E-state index is 13.4. The largest absolute Gasteiger partial charge is 0.397 e. The lowest BCUT2D eigenvalue weighted by Gasteiger charge is -2.32. The average Bonchev–Trinajstić information content (AvgIpc) is 3.23. The van der Waals surface area contributed by atoms with Gasteiger partial charge in [-0.2, -0.15) is 0 Å². The van der Waals surface area contributed by atoms with E-state index in [-0.39, 0.29) is 5.91 Å². The molecule has 2 aromatic carbocycles. The van der Waals surface area contributed by atoms with E-state index in [4.69, 9.17) is 10.7 Å². The Morgan fingerprint density at radius 3 is 2.46 bits per heavy atom. The summed E-state index contributed by atoms with van der Waals surface area (Å²) < 4.78 is 0. The molecule has 2 aliphatic rings. The van der Waals surface area contributed by atoms with Gasteiger partial charge in [-0.05, 0) is 73.1 Å². The number of nitrogens with zero attached hydrogens (tertiary/aromatic N) is 2. The van der Waals surface area contributed by atoms with Gasteiger partial charge in [0.25, 0.3) is 5.91 Å². The lowest BCUT2D eigenvalue weighted by molar-refractivity contribution is 0.0696. The van der Waals surface area contributed by atoms with Crippen molar-refractivity contribution in [3.05, 3.63) is 94.0 Å². The Labute approximate surface area is 210 Å². The third-order valence-corrected chi connectivity index (χ3v) is 8.92. The molecule has 3 heterocycles. The zero-order chi connectivity index (χ0) is 23.8. The summed E-state index contributed by atoms with van der Waals surface area (Å²) in [6, 6.07) is 23.6. The van der Waals surface area contributed by atoms with E-state index in [0.29, 0.717) is 22.4 Å². The van der Waals surface area contributed by atoms with Crippen LogP contribution in [0.5, 0.6) is 0 Å². The maximum atomic E-state index is 13.4. The molecule has 1 fully saturated rings. The van der Waals surface area contributed by atoms with Crippen LogP contribution in [-0.4, -0.2) is 28.9 Å². The van der Waals surface area contributed by atoms with Crippen LogP contribution in [-0.2, 0) is 19.3 Å². The fraction of sp³-hybridized carbons (Fsp3) is 0.333. The van der Waals surface area contributed by atoms with Gasteiger partial charge < -0.3 is 10.6 Å². The zero-order valence-electron chi connectivity index (χ0n) is 20.0. The van der Waals surface area contributed by atoms with E-state index in [9.17, 15) is 4.79 Å². The Morgan fingerprint density at radius 1 is 1.00 bits per heavy atom. The van der Waals surface area contributed by atoms with Gasteiger partial charge in [-0.25, -0.2) is 4.98 Å². The van der Waals surface area contributed by atoms with E-state index >= 15 is 0 Å². The van der Waals surface area contributed by atoms with Crippen LogP contribution in [0.1, 0.15) is 57.2 Å². The Bertz CT molecular complexity index is 1340. The Hall–Kier alpha value is -3.18. The average molecular weight is 482 g/mol. The van der Waals surface area contributed by atoms with Gasteiger partial charge >= 0.3 is 0 Å². The second kappa shape index (κ2) is 9.46. The van der Waals surface area contributed by atoms with E-state index in [1.54, 1.807) is 0 Å². The van der Waals surface area contributed by atoms with Gasteiger partial charge in [0.15, 0.2) is 0 Å². The molecular weight excluding hydrogens is 450 g/mol. The number of anilines is 1. The van der Waals surface area contributed by atoms with Gasteiger partial charge in [0.2, 0.25) is 0 Å². The van der Waals surface area contributed by atoms with Crippen molar-refractivity contribution in [2.24, 2.45) is 5.92 Å². The molecule has 35 heavy (non-hydrogen) atoms. The van der Waals surface area contributed by atoms with Gasteiger partial charge in [0.05, 0.1) is 5.69 Å². The Balaban J connectivity index is 1.18. The number of carbonyl (C=O) groups is 1. The number of hydrogen-bond donors (Lipinski definition) is 1. The van der Waals surface area contributed by atoms with Crippen LogP contribution in [0.2, 0.25) is 0 Å². The molecule has 4 nitrogen and oxygen atoms in total. The van der Waals surface area contributed by atoms with E-state index in [0.717, 1.165) is 61.8 Å². The van der Waals surface area contributed by atoms with Crippen LogP contribution in [0.25, 0.3) is 10.2 Å². The van der Waals surface area contributed by atoms with E-state index in [1.165, 1.54) is 33.7 Å². The van der Waals surface area contributed by atoms with Gasteiger partial charge in [0.1, 0.15) is 9.71 Å². The summed E-state index contributed by atoms with van der Waals surface area (Å²) in [6.45, 7) is 1.60. The summed E-state index contributed by atoms with van der Waals surface area (Å²) in [7, 11) is 0. The van der Waals surface area contributed by atoms with Crippen LogP contribution in [0.4, 0.5) is 5.69 Å². The highest BCUT2D eigenvalue weighted by atomic mass is 32.1. The van der Waals surface area contributed by atoms with E-state index in [2.05, 4.69) is 66.7 Å². The number of aryl methyl sites for hydroxylation is 1. The van der Waals surface area contributed by atoms with Crippen molar-refractivity contribution in [2.45, 2.75) is 44.4 Å². The molecule has 0 bridgehead atoms. The number of aromatic nitrogens is 1. The van der Waals surface area contributed by atoms with Crippen molar-refractivity contribution in [2.75, 3.05) is 18.8 Å². The third kappa shape index (κ3) is 4.45. The first-order valence-corrected chi connectivity index (χ1v) is 13.6. The predicted molar refractivity (Wildman–Crippen MR) is 144 cm³/mol. The number of pyridine rings is 1. The van der Waals surface area contributed by atoms with Crippen LogP contribution < -0.4 is 5.73 Å². The summed E-state index contributed by atoms with van der Waals surface area (Å²) in [5, 5.41) is 0.949. The number of benzene rings is 2. The molecule has 178 valence electrons. The number of thiophene rings is 1. The summed E-state index contributed by atoms with van der Waals surface area (Å²) in [5.74, 6) is 1.22. The minimum absolute atomic E-state index is 0.0730. The molecule has 1 amide bonds. The highest BCUT2D eigenvalue weighted by Gasteiger charge is 2.28. The first-order valence-electron chi connectivity index (χ1n) is 12.7. The standard InChI is InChI=1S/C30H31N3OS/c31-27-25-19-24-18-23(22-9-5-2-6-10-22)11-12-26(24)32-29(25)35-28(27)30(34)33-15-13-21(14-16-33)17-20-7-3-1-4-8-20/h1-10,19,21,23H,11-18,31H2. The van der Waals surface area contributed by atoms with Crippen molar-refractivity contribution in [1.29, 1.82) is 0 Å². The highest BCUT2D eigenvalue weighted by Crippen LogP contribution is 2.39. The molecule has 1 saturated heterocycles. The zero-order valence-corrected chi connectivity index (χ0v) is 20.8. The third-order valence-electron chi connectivity index (χ3n) is 7.82. The van der Waals surface area contributed by atoms with E-state index in [1.807, 2.05) is 4.90 Å². The minimum Gasteiger partial charge on any atom is -0.397 e. The molecule has 1 aliphatic heterocycles.